The van der Waals surface area contributed by atoms with Crippen LogP contribution in [0.4, 0.5) is 0 Å². The molecule has 1 fully saturated rings. The molecule has 3 aromatic rings. The van der Waals surface area contributed by atoms with Gasteiger partial charge in [0.25, 0.3) is 5.56 Å². The van der Waals surface area contributed by atoms with Crippen LogP contribution >= 0.6 is 23.1 Å². The van der Waals surface area contributed by atoms with Gasteiger partial charge in [-0.15, -0.1) is 17.9 Å². The number of aromatic nitrogens is 2. The van der Waals surface area contributed by atoms with E-state index in [1.54, 1.807) is 10.6 Å². The summed E-state index contributed by atoms with van der Waals surface area (Å²) in [6.45, 7) is 12.1. The van der Waals surface area contributed by atoms with Crippen molar-refractivity contribution in [2.24, 2.45) is 0 Å². The van der Waals surface area contributed by atoms with Crippen LogP contribution in [0.1, 0.15) is 13.8 Å². The highest BCUT2D eigenvalue weighted by molar-refractivity contribution is 7.99. The molecular weight excluding hydrogens is 468 g/mol. The number of thioether (sulfide) groups is 1. The average Bonchev–Trinajstić information content (AvgIpc) is 3.29. The lowest BCUT2D eigenvalue weighted by atomic mass is 10.0. The number of benzene rings is 1. The molecule has 0 bridgehead atoms. The van der Waals surface area contributed by atoms with Gasteiger partial charge in [0.1, 0.15) is 4.83 Å². The molecule has 2 aromatic heterocycles. The summed E-state index contributed by atoms with van der Waals surface area (Å²) in [7, 11) is 0. The highest BCUT2D eigenvalue weighted by Crippen LogP contribution is 2.32. The predicted octanol–water partition coefficient (Wildman–Crippen LogP) is 3.63. The summed E-state index contributed by atoms with van der Waals surface area (Å²) in [5.74, 6) is 0.104. The van der Waals surface area contributed by atoms with Crippen LogP contribution in [0.2, 0.25) is 0 Å². The molecule has 180 valence electrons. The highest BCUT2D eigenvalue weighted by atomic mass is 32.2. The van der Waals surface area contributed by atoms with Crippen molar-refractivity contribution in [1.82, 2.24) is 19.8 Å². The quantitative estimate of drug-likeness (QED) is 0.276. The Balaban J connectivity index is 1.49. The summed E-state index contributed by atoms with van der Waals surface area (Å²) < 4.78 is 7.03. The molecule has 0 aliphatic carbocycles. The van der Waals surface area contributed by atoms with Crippen molar-refractivity contribution in [3.05, 3.63) is 58.7 Å². The summed E-state index contributed by atoms with van der Waals surface area (Å²) in [5, 5.41) is 6.16. The van der Waals surface area contributed by atoms with Crippen LogP contribution in [-0.2, 0) is 16.1 Å². The summed E-state index contributed by atoms with van der Waals surface area (Å²) in [6.07, 6.45) is 1.68. The minimum atomic E-state index is -0.156. The Morgan fingerprint density at radius 3 is 2.74 bits per heavy atom. The van der Waals surface area contributed by atoms with E-state index in [-0.39, 0.29) is 22.8 Å². The normalized spacial score (nSPS) is 14.9. The van der Waals surface area contributed by atoms with Crippen molar-refractivity contribution in [2.45, 2.75) is 31.1 Å². The van der Waals surface area contributed by atoms with Crippen LogP contribution in [0.3, 0.4) is 0 Å². The van der Waals surface area contributed by atoms with E-state index in [1.807, 2.05) is 35.7 Å². The lowest BCUT2D eigenvalue weighted by Gasteiger charge is -2.40. The molecule has 0 spiro atoms. The maximum absolute atomic E-state index is 13.4. The number of amides is 1. The molecule has 0 saturated carbocycles. The standard InChI is InChI=1S/C25H30N4O3S2/c1-4-10-29-23(31)21-19(18-8-6-5-7-9-18)15-33-22(21)27-24(29)34-16-20(30)26-17-25(2,3)28-11-13-32-14-12-28/h4-9,15H,1,10-14,16-17H2,2-3H3,(H,26,30). The van der Waals surface area contributed by atoms with Crippen LogP contribution in [0, 0.1) is 0 Å². The molecule has 4 rings (SSSR count). The first-order valence-corrected chi connectivity index (χ1v) is 13.2. The number of hydrogen-bond acceptors (Lipinski definition) is 7. The molecule has 1 aliphatic heterocycles. The topological polar surface area (TPSA) is 76.5 Å². The van der Waals surface area contributed by atoms with Gasteiger partial charge in [-0.25, -0.2) is 4.98 Å². The zero-order valence-electron chi connectivity index (χ0n) is 19.6. The van der Waals surface area contributed by atoms with Crippen molar-refractivity contribution in [3.63, 3.8) is 0 Å². The molecule has 0 atom stereocenters. The molecule has 0 radical (unpaired) electrons. The van der Waals surface area contributed by atoms with Gasteiger partial charge in [-0.1, -0.05) is 48.2 Å². The Labute approximate surface area is 207 Å². The summed E-state index contributed by atoms with van der Waals surface area (Å²) in [5.41, 5.74) is 1.61. The van der Waals surface area contributed by atoms with Crippen molar-refractivity contribution in [1.29, 1.82) is 0 Å². The zero-order chi connectivity index (χ0) is 24.1. The van der Waals surface area contributed by atoms with E-state index in [0.717, 1.165) is 37.4 Å². The fourth-order valence-corrected chi connectivity index (χ4v) is 5.84. The molecule has 1 aliphatic rings. The second-order valence-electron chi connectivity index (χ2n) is 8.77. The van der Waals surface area contributed by atoms with Gasteiger partial charge >= 0.3 is 0 Å². The number of rotatable bonds is 9. The second-order valence-corrected chi connectivity index (χ2v) is 10.6. The highest BCUT2D eigenvalue weighted by Gasteiger charge is 2.28. The number of allylic oxidation sites excluding steroid dienone is 1. The molecule has 9 heteroatoms. The molecule has 1 saturated heterocycles. The predicted molar refractivity (Wildman–Crippen MR) is 140 cm³/mol. The Morgan fingerprint density at radius 1 is 1.29 bits per heavy atom. The van der Waals surface area contributed by atoms with E-state index in [9.17, 15) is 9.59 Å². The van der Waals surface area contributed by atoms with E-state index < -0.39 is 0 Å². The average molecular weight is 499 g/mol. The third kappa shape index (κ3) is 5.43. The van der Waals surface area contributed by atoms with Crippen LogP contribution in [0.25, 0.3) is 21.3 Å². The Morgan fingerprint density at radius 2 is 2.03 bits per heavy atom. The zero-order valence-corrected chi connectivity index (χ0v) is 21.2. The number of carbonyl (C=O) groups excluding carboxylic acids is 1. The largest absolute Gasteiger partial charge is 0.379 e. The fourth-order valence-electron chi connectivity index (χ4n) is 4.01. The molecule has 34 heavy (non-hydrogen) atoms. The summed E-state index contributed by atoms with van der Waals surface area (Å²) >= 11 is 2.73. The first-order chi connectivity index (χ1) is 16.4. The van der Waals surface area contributed by atoms with Gasteiger partial charge in [-0.3, -0.25) is 19.1 Å². The number of morpholine rings is 1. The minimum absolute atomic E-state index is 0.0815. The molecular formula is C25H30N4O3S2. The van der Waals surface area contributed by atoms with Gasteiger partial charge in [0, 0.05) is 42.7 Å². The van der Waals surface area contributed by atoms with E-state index in [1.165, 1.54) is 23.1 Å². The fraction of sp³-hybridized carbons (Fsp3) is 0.400. The van der Waals surface area contributed by atoms with Gasteiger partial charge in [0.05, 0.1) is 24.4 Å². The van der Waals surface area contributed by atoms with E-state index >= 15 is 0 Å². The van der Waals surface area contributed by atoms with Crippen molar-refractivity contribution in [2.75, 3.05) is 38.6 Å². The Bertz CT molecular complexity index is 1210. The molecule has 3 heterocycles. The number of hydrogen-bond donors (Lipinski definition) is 1. The first-order valence-electron chi connectivity index (χ1n) is 11.3. The molecule has 0 unspecified atom stereocenters. The van der Waals surface area contributed by atoms with Crippen molar-refractivity contribution in [3.8, 4) is 11.1 Å². The van der Waals surface area contributed by atoms with E-state index in [4.69, 9.17) is 9.72 Å². The lowest BCUT2D eigenvalue weighted by molar-refractivity contribution is -0.119. The molecule has 1 aromatic carbocycles. The second kappa shape index (κ2) is 10.9. The summed E-state index contributed by atoms with van der Waals surface area (Å²) in [4.78, 5) is 33.8. The van der Waals surface area contributed by atoms with Crippen LogP contribution in [0.15, 0.2) is 58.3 Å². The van der Waals surface area contributed by atoms with Gasteiger partial charge in [0.15, 0.2) is 5.16 Å². The van der Waals surface area contributed by atoms with Gasteiger partial charge < -0.3 is 10.1 Å². The number of nitrogens with zero attached hydrogens (tertiary/aromatic N) is 3. The van der Waals surface area contributed by atoms with Gasteiger partial charge in [0.2, 0.25) is 5.91 Å². The maximum atomic E-state index is 13.4. The van der Waals surface area contributed by atoms with Crippen LogP contribution < -0.4 is 10.9 Å². The molecule has 1 amide bonds. The van der Waals surface area contributed by atoms with Crippen LogP contribution in [0.5, 0.6) is 0 Å². The SMILES string of the molecule is C=CCn1c(SCC(=O)NCC(C)(C)N2CCOCC2)nc2scc(-c3ccccc3)c2c1=O. The number of fused-ring (bicyclic) bond motifs is 1. The third-order valence-corrected chi connectivity index (χ3v) is 7.82. The first kappa shape index (κ1) is 24.7. The van der Waals surface area contributed by atoms with Gasteiger partial charge in [-0.2, -0.15) is 0 Å². The van der Waals surface area contributed by atoms with Crippen LogP contribution in [-0.4, -0.2) is 64.5 Å². The van der Waals surface area contributed by atoms with E-state index in [2.05, 4.69) is 30.6 Å². The number of nitrogens with one attached hydrogen (secondary N) is 1. The van der Waals surface area contributed by atoms with Crippen molar-refractivity contribution < 1.29 is 9.53 Å². The molecule has 7 nitrogen and oxygen atoms in total. The van der Waals surface area contributed by atoms with E-state index in [0.29, 0.717) is 28.5 Å². The monoisotopic (exact) mass is 498 g/mol. The Hall–Kier alpha value is -2.46. The lowest BCUT2D eigenvalue weighted by Crippen LogP contribution is -2.55. The number of carbonyl (C=O) groups is 1. The number of ether oxygens (including phenoxy) is 1. The van der Waals surface area contributed by atoms with Gasteiger partial charge in [-0.05, 0) is 19.4 Å². The summed E-state index contributed by atoms with van der Waals surface area (Å²) in [6, 6.07) is 9.85. The third-order valence-electron chi connectivity index (χ3n) is 5.97. The molecule has 1 N–H and O–H groups in total. The smallest absolute Gasteiger partial charge is 0.263 e. The Kier molecular flexibility index (Phi) is 7.88. The minimum Gasteiger partial charge on any atom is -0.379 e. The van der Waals surface area contributed by atoms with Crippen molar-refractivity contribution >= 4 is 39.2 Å². The maximum Gasteiger partial charge on any atom is 0.263 e. The number of thiophene rings is 1.